The number of hydrogen-bond acceptors (Lipinski definition) is 4. The molecular weight excluding hydrogens is 506 g/mol. The van der Waals surface area contributed by atoms with E-state index in [0.717, 1.165) is 23.3 Å². The summed E-state index contributed by atoms with van der Waals surface area (Å²) in [5, 5.41) is 4.02. The minimum absolute atomic E-state index is 0.00102. The van der Waals surface area contributed by atoms with Gasteiger partial charge in [0.2, 0.25) is 5.91 Å². The lowest BCUT2D eigenvalue weighted by Gasteiger charge is -2.24. The van der Waals surface area contributed by atoms with Gasteiger partial charge >= 0.3 is 0 Å². The van der Waals surface area contributed by atoms with Crippen LogP contribution in [0.15, 0.2) is 78.9 Å². The molecular formula is C29H30ClN3O3S. The lowest BCUT2D eigenvalue weighted by Crippen LogP contribution is -2.39. The van der Waals surface area contributed by atoms with Crippen LogP contribution in [0, 0.1) is 0 Å². The van der Waals surface area contributed by atoms with Crippen LogP contribution >= 0.6 is 23.8 Å². The number of amides is 2. The third kappa shape index (κ3) is 7.08. The van der Waals surface area contributed by atoms with Crippen LogP contribution in [0.25, 0.3) is 0 Å². The van der Waals surface area contributed by atoms with E-state index in [1.807, 2.05) is 78.6 Å². The number of carbonyl (C=O) groups is 2. The highest BCUT2D eigenvalue weighted by atomic mass is 35.5. The molecule has 1 heterocycles. The number of hydrogen-bond donors (Lipinski definition) is 1. The molecule has 1 aliphatic rings. The highest BCUT2D eigenvalue weighted by Gasteiger charge is 2.43. The number of nitrogens with zero attached hydrogens (tertiary/aromatic N) is 2. The smallest absolute Gasteiger partial charge is 0.252 e. The van der Waals surface area contributed by atoms with Gasteiger partial charge in [-0.2, -0.15) is 0 Å². The van der Waals surface area contributed by atoms with Crippen molar-refractivity contribution in [3.8, 4) is 5.75 Å². The number of rotatable bonds is 11. The fraction of sp³-hybridized carbons (Fsp3) is 0.276. The molecule has 3 aromatic rings. The Kier molecular flexibility index (Phi) is 9.14. The SMILES string of the molecule is CCCOc1ccc(NC(=O)C[C@H]2C(=O)N(Cc3ccccc3)C(=S)N2CCc2ccc(Cl)cc2)cc1. The topological polar surface area (TPSA) is 61.9 Å². The van der Waals surface area contributed by atoms with Crippen molar-refractivity contribution in [1.82, 2.24) is 9.80 Å². The van der Waals surface area contributed by atoms with E-state index in [9.17, 15) is 9.59 Å². The summed E-state index contributed by atoms with van der Waals surface area (Å²) < 4.78 is 5.60. The molecule has 0 aliphatic carbocycles. The van der Waals surface area contributed by atoms with Crippen LogP contribution in [0.5, 0.6) is 5.75 Å². The fourth-order valence-corrected chi connectivity index (χ4v) is 4.70. The lowest BCUT2D eigenvalue weighted by molar-refractivity contribution is -0.131. The van der Waals surface area contributed by atoms with Gasteiger partial charge in [-0.25, -0.2) is 0 Å². The first-order valence-electron chi connectivity index (χ1n) is 12.4. The maximum absolute atomic E-state index is 13.5. The maximum atomic E-state index is 13.5. The van der Waals surface area contributed by atoms with Crippen LogP contribution in [0.2, 0.25) is 5.02 Å². The first-order valence-corrected chi connectivity index (χ1v) is 13.2. The van der Waals surface area contributed by atoms with Crippen molar-refractivity contribution < 1.29 is 14.3 Å². The summed E-state index contributed by atoms with van der Waals surface area (Å²) in [4.78, 5) is 30.0. The van der Waals surface area contributed by atoms with Gasteiger partial charge in [0.05, 0.1) is 19.6 Å². The molecule has 8 heteroatoms. The van der Waals surface area contributed by atoms with Gasteiger partial charge in [-0.05, 0) is 72.6 Å². The molecule has 3 aromatic carbocycles. The Labute approximate surface area is 228 Å². The van der Waals surface area contributed by atoms with Crippen LogP contribution in [0.4, 0.5) is 5.69 Å². The molecule has 0 bridgehead atoms. The molecule has 37 heavy (non-hydrogen) atoms. The number of ether oxygens (including phenoxy) is 1. The van der Waals surface area contributed by atoms with Gasteiger partial charge in [-0.1, -0.05) is 61.0 Å². The van der Waals surface area contributed by atoms with Crippen LogP contribution in [-0.2, 0) is 22.6 Å². The van der Waals surface area contributed by atoms with Gasteiger partial charge in [0.25, 0.3) is 5.91 Å². The predicted molar refractivity (Wildman–Crippen MR) is 151 cm³/mol. The Hall–Kier alpha value is -3.42. The number of halogens is 1. The molecule has 0 spiro atoms. The number of benzene rings is 3. The summed E-state index contributed by atoms with van der Waals surface area (Å²) in [7, 11) is 0. The van der Waals surface area contributed by atoms with E-state index in [1.54, 1.807) is 17.0 Å². The number of anilines is 1. The Balaban J connectivity index is 1.46. The second-order valence-corrected chi connectivity index (χ2v) is 9.70. The van der Waals surface area contributed by atoms with Crippen molar-refractivity contribution in [2.75, 3.05) is 18.5 Å². The van der Waals surface area contributed by atoms with E-state index in [-0.39, 0.29) is 18.2 Å². The summed E-state index contributed by atoms with van der Waals surface area (Å²) in [6.45, 7) is 3.57. The van der Waals surface area contributed by atoms with Gasteiger partial charge in [0, 0.05) is 17.3 Å². The minimum Gasteiger partial charge on any atom is -0.494 e. The van der Waals surface area contributed by atoms with E-state index in [4.69, 9.17) is 28.6 Å². The molecule has 1 saturated heterocycles. The van der Waals surface area contributed by atoms with Crippen molar-refractivity contribution >= 4 is 46.4 Å². The van der Waals surface area contributed by atoms with Gasteiger partial charge in [-0.3, -0.25) is 14.5 Å². The predicted octanol–water partition coefficient (Wildman–Crippen LogP) is 5.70. The van der Waals surface area contributed by atoms with E-state index >= 15 is 0 Å². The third-order valence-electron chi connectivity index (χ3n) is 6.13. The number of nitrogens with one attached hydrogen (secondary N) is 1. The standard InChI is InChI=1S/C29H30ClN3O3S/c1-2-18-36-25-14-12-24(13-15-25)31-27(34)19-26-28(35)33(20-22-6-4-3-5-7-22)29(37)32(26)17-16-21-8-10-23(30)11-9-21/h3-15,26H,2,16-20H2,1H3,(H,31,34)/t26-/m0/s1. The molecule has 0 aromatic heterocycles. The van der Waals surface area contributed by atoms with Crippen molar-refractivity contribution in [3.05, 3.63) is 95.0 Å². The summed E-state index contributed by atoms with van der Waals surface area (Å²) in [6, 6.07) is 23.9. The highest BCUT2D eigenvalue weighted by Crippen LogP contribution is 2.25. The molecule has 1 aliphatic heterocycles. The summed E-state index contributed by atoms with van der Waals surface area (Å²) in [5.74, 6) is 0.339. The van der Waals surface area contributed by atoms with Gasteiger partial charge in [0.15, 0.2) is 5.11 Å². The Morgan fingerprint density at radius 3 is 2.38 bits per heavy atom. The van der Waals surface area contributed by atoms with Crippen LogP contribution < -0.4 is 10.1 Å². The quantitative estimate of drug-likeness (QED) is 0.319. The van der Waals surface area contributed by atoms with Crippen LogP contribution in [-0.4, -0.2) is 45.9 Å². The monoisotopic (exact) mass is 535 g/mol. The number of carbonyl (C=O) groups excluding carboxylic acids is 2. The Morgan fingerprint density at radius 2 is 1.70 bits per heavy atom. The fourth-order valence-electron chi connectivity index (χ4n) is 4.20. The van der Waals surface area contributed by atoms with Crippen molar-refractivity contribution in [2.45, 2.75) is 38.8 Å². The summed E-state index contributed by atoms with van der Waals surface area (Å²) in [5.41, 5.74) is 2.71. The normalized spacial score (nSPS) is 15.2. The van der Waals surface area contributed by atoms with E-state index in [0.29, 0.717) is 41.9 Å². The van der Waals surface area contributed by atoms with Crippen molar-refractivity contribution in [3.63, 3.8) is 0 Å². The molecule has 1 fully saturated rings. The lowest BCUT2D eigenvalue weighted by atomic mass is 10.1. The van der Waals surface area contributed by atoms with Gasteiger partial charge in [0.1, 0.15) is 11.8 Å². The first-order chi connectivity index (χ1) is 17.9. The number of thiocarbonyl (C=S) groups is 1. The second-order valence-electron chi connectivity index (χ2n) is 8.90. The molecule has 0 unspecified atom stereocenters. The molecule has 1 N–H and O–H groups in total. The summed E-state index contributed by atoms with van der Waals surface area (Å²) in [6.07, 6.45) is 1.59. The maximum Gasteiger partial charge on any atom is 0.252 e. The minimum atomic E-state index is -0.671. The van der Waals surface area contributed by atoms with Crippen LogP contribution in [0.3, 0.4) is 0 Å². The summed E-state index contributed by atoms with van der Waals surface area (Å²) >= 11 is 11.8. The van der Waals surface area contributed by atoms with E-state index in [1.165, 1.54) is 0 Å². The van der Waals surface area contributed by atoms with E-state index < -0.39 is 6.04 Å². The average molecular weight is 536 g/mol. The Morgan fingerprint density at radius 1 is 1.00 bits per heavy atom. The Bertz CT molecular complexity index is 1220. The molecule has 192 valence electrons. The van der Waals surface area contributed by atoms with E-state index in [2.05, 4.69) is 5.32 Å². The largest absolute Gasteiger partial charge is 0.494 e. The molecule has 1 atom stereocenters. The highest BCUT2D eigenvalue weighted by molar-refractivity contribution is 7.80. The second kappa shape index (κ2) is 12.7. The molecule has 0 saturated carbocycles. The van der Waals surface area contributed by atoms with Gasteiger partial charge < -0.3 is 15.0 Å². The zero-order valence-corrected chi connectivity index (χ0v) is 22.3. The molecule has 6 nitrogen and oxygen atoms in total. The molecule has 0 radical (unpaired) electrons. The zero-order chi connectivity index (χ0) is 26.2. The van der Waals surface area contributed by atoms with Crippen molar-refractivity contribution in [2.24, 2.45) is 0 Å². The van der Waals surface area contributed by atoms with Gasteiger partial charge in [-0.15, -0.1) is 0 Å². The zero-order valence-electron chi connectivity index (χ0n) is 20.7. The third-order valence-corrected chi connectivity index (χ3v) is 6.84. The molecule has 2 amide bonds. The first kappa shape index (κ1) is 26.6. The average Bonchev–Trinajstić information content (AvgIpc) is 3.12. The van der Waals surface area contributed by atoms with Crippen molar-refractivity contribution in [1.29, 1.82) is 0 Å². The molecule has 4 rings (SSSR count). The van der Waals surface area contributed by atoms with Crippen LogP contribution in [0.1, 0.15) is 30.9 Å².